The molecule has 0 saturated heterocycles. The lowest BCUT2D eigenvalue weighted by Crippen LogP contribution is -2.21. The van der Waals surface area contributed by atoms with Crippen molar-refractivity contribution in [3.63, 3.8) is 0 Å². The fourth-order valence-corrected chi connectivity index (χ4v) is 7.80. The summed E-state index contributed by atoms with van der Waals surface area (Å²) < 4.78 is 4.99. The number of allylic oxidation sites excluding steroid dienone is 1. The van der Waals surface area contributed by atoms with Crippen molar-refractivity contribution in [2.24, 2.45) is 5.92 Å². The summed E-state index contributed by atoms with van der Waals surface area (Å²) in [6.07, 6.45) is 0.891. The van der Waals surface area contributed by atoms with Gasteiger partial charge in [0.15, 0.2) is 5.78 Å². The number of hydrogen-bond donors (Lipinski definition) is 1. The molecule has 2 unspecified atom stereocenters. The topological polar surface area (TPSA) is 60.2 Å². The Balaban J connectivity index is 2.32. The maximum absolute atomic E-state index is 12.6. The Labute approximate surface area is 125 Å². The van der Waals surface area contributed by atoms with Crippen LogP contribution >= 0.6 is 18.9 Å². The summed E-state index contributed by atoms with van der Waals surface area (Å²) in [6, 6.07) is 5.43. The molecule has 0 fully saturated rings. The van der Waals surface area contributed by atoms with E-state index in [1.54, 1.807) is 12.1 Å². The van der Waals surface area contributed by atoms with Crippen LogP contribution in [0.15, 0.2) is 30.4 Å². The van der Waals surface area contributed by atoms with Crippen LogP contribution in [0.2, 0.25) is 0 Å². The average Bonchev–Trinajstić information content (AvgIpc) is 3.03. The van der Waals surface area contributed by atoms with E-state index in [9.17, 15) is 9.59 Å². The van der Waals surface area contributed by atoms with Crippen LogP contribution in [0, 0.1) is 12.8 Å². The summed E-state index contributed by atoms with van der Waals surface area (Å²) in [5, 5.41) is 0. The molecule has 3 nitrogen and oxygen atoms in total. The van der Waals surface area contributed by atoms with Crippen LogP contribution < -0.4 is 5.73 Å². The van der Waals surface area contributed by atoms with Gasteiger partial charge in [0.25, 0.3) is 0 Å². The highest BCUT2D eigenvalue weighted by Crippen LogP contribution is 2.46. The summed E-state index contributed by atoms with van der Waals surface area (Å²) >= 11 is -1.73. The number of anilines is 1. The van der Waals surface area contributed by atoms with Gasteiger partial charge in [-0.3, -0.25) is 4.79 Å². The van der Waals surface area contributed by atoms with E-state index < -0.39 is 18.9 Å². The molecular weight excluding hydrogens is 365 g/mol. The molecule has 0 aromatic heterocycles. The Morgan fingerprint density at radius 2 is 2.15 bits per heavy atom. The number of hydrogen-bond acceptors (Lipinski definition) is 3. The van der Waals surface area contributed by atoms with E-state index in [2.05, 4.69) is 11.1 Å². The maximum Gasteiger partial charge on any atom is 0.197 e. The van der Waals surface area contributed by atoms with Crippen LogP contribution in [-0.4, -0.2) is 24.0 Å². The molecule has 0 amide bonds. The first kappa shape index (κ1) is 15.0. The number of nitrogens with two attached hydrogens (primary N) is 1. The third-order valence-electron chi connectivity index (χ3n) is 3.44. The van der Waals surface area contributed by atoms with Crippen molar-refractivity contribution in [3.05, 3.63) is 41.5 Å². The lowest BCUT2D eigenvalue weighted by atomic mass is 9.94. The smallest absolute Gasteiger partial charge is 0.197 e. The molecule has 0 aliphatic carbocycles. The van der Waals surface area contributed by atoms with Gasteiger partial charge in [0, 0.05) is 18.7 Å². The first-order valence-electron chi connectivity index (χ1n) is 6.24. The van der Waals surface area contributed by atoms with Crippen LogP contribution in [-0.2, 0) is 4.79 Å². The van der Waals surface area contributed by atoms with Gasteiger partial charge in [-0.15, -0.1) is 18.9 Å². The molecule has 1 aromatic carbocycles. The third-order valence-corrected chi connectivity index (χ3v) is 8.44. The molecular formula is C16H18INO2. The van der Waals surface area contributed by atoms with Gasteiger partial charge < -0.3 is 10.5 Å². The number of ketones is 1. The lowest BCUT2D eigenvalue weighted by molar-refractivity contribution is -0.109. The highest BCUT2D eigenvalue weighted by Gasteiger charge is 2.41. The van der Waals surface area contributed by atoms with Crippen LogP contribution in [0.4, 0.5) is 5.69 Å². The standard InChI is InChI=1S/C16H18INO2/c1-9(2)12(8-19)14-15(17(14)4)16(20)11-7-10(3)5-6-13(11)18/h5-8,12,14H,1,4,18H2,2-3H3. The number of carbonyl (C=O) groups excluding carboxylic acids is 2. The Bertz CT molecular complexity index is 696. The van der Waals surface area contributed by atoms with Crippen molar-refractivity contribution in [2.45, 2.75) is 17.8 Å². The number of aldehydes is 1. The van der Waals surface area contributed by atoms with E-state index in [1.807, 2.05) is 19.9 Å². The second kappa shape index (κ2) is 5.52. The number of carbonyl (C=O) groups is 2. The summed E-state index contributed by atoms with van der Waals surface area (Å²) in [5.41, 5.74) is 8.72. The van der Waals surface area contributed by atoms with Crippen LogP contribution in [0.1, 0.15) is 22.8 Å². The van der Waals surface area contributed by atoms with E-state index in [-0.39, 0.29) is 15.6 Å². The highest BCUT2D eigenvalue weighted by molar-refractivity contribution is 14.2. The van der Waals surface area contributed by atoms with Gasteiger partial charge in [-0.25, -0.2) is 0 Å². The fraction of sp³-hybridized carbons (Fsp3) is 0.250. The molecule has 106 valence electrons. The first-order valence-corrected chi connectivity index (χ1v) is 10.1. The van der Waals surface area contributed by atoms with E-state index in [0.29, 0.717) is 11.3 Å². The Kier molecular flexibility index (Phi) is 4.13. The maximum atomic E-state index is 12.6. The molecule has 20 heavy (non-hydrogen) atoms. The predicted molar refractivity (Wildman–Crippen MR) is 94.2 cm³/mol. The molecule has 2 rings (SSSR count). The third kappa shape index (κ3) is 2.57. The molecule has 1 aliphatic heterocycles. The molecule has 0 bridgehead atoms. The van der Waals surface area contributed by atoms with Gasteiger partial charge in [-0.1, -0.05) is 28.3 Å². The second-order valence-electron chi connectivity index (χ2n) is 5.07. The second-order valence-corrected chi connectivity index (χ2v) is 9.85. The molecule has 4 heteroatoms. The van der Waals surface area contributed by atoms with E-state index in [1.165, 1.54) is 0 Å². The zero-order chi connectivity index (χ0) is 15.0. The summed E-state index contributed by atoms with van der Waals surface area (Å²) in [6.45, 7) is 7.59. The number of alkyl halides is 1. The highest BCUT2D eigenvalue weighted by atomic mass is 127. The Morgan fingerprint density at radius 1 is 1.50 bits per heavy atom. The summed E-state index contributed by atoms with van der Waals surface area (Å²) in [7, 11) is 0. The molecule has 0 radical (unpaired) electrons. The van der Waals surface area contributed by atoms with Crippen LogP contribution in [0.3, 0.4) is 0 Å². The van der Waals surface area contributed by atoms with Gasteiger partial charge in [-0.05, 0) is 26.0 Å². The Hall–Kier alpha value is -1.43. The zero-order valence-electron chi connectivity index (χ0n) is 11.7. The molecule has 0 spiro atoms. The van der Waals surface area contributed by atoms with Crippen molar-refractivity contribution in [2.75, 3.05) is 5.73 Å². The van der Waals surface area contributed by atoms with Crippen molar-refractivity contribution in [1.29, 1.82) is 0 Å². The number of halogens is 1. The summed E-state index contributed by atoms with van der Waals surface area (Å²) in [4.78, 5) is 23.8. The van der Waals surface area contributed by atoms with Gasteiger partial charge in [0.1, 0.15) is 6.29 Å². The molecule has 2 N–H and O–H groups in total. The number of aryl methyl sites for hydroxylation is 1. The van der Waals surface area contributed by atoms with Crippen molar-refractivity contribution in [1.82, 2.24) is 0 Å². The van der Waals surface area contributed by atoms with Crippen molar-refractivity contribution in [3.8, 4) is 0 Å². The van der Waals surface area contributed by atoms with Gasteiger partial charge in [-0.2, -0.15) is 0 Å². The van der Waals surface area contributed by atoms with Crippen molar-refractivity contribution < 1.29 is 9.59 Å². The minimum atomic E-state index is -1.73. The lowest BCUT2D eigenvalue weighted by Gasteiger charge is -2.09. The SMILES string of the molecule is C=C(C)C(C=O)C1C(C(=O)c2cc(C)ccc2N)=I1=C. The monoisotopic (exact) mass is 383 g/mol. The first-order chi connectivity index (χ1) is 9.38. The quantitative estimate of drug-likeness (QED) is 0.212. The van der Waals surface area contributed by atoms with Crippen LogP contribution in [0.5, 0.6) is 0 Å². The average molecular weight is 383 g/mol. The molecule has 1 aromatic rings. The van der Waals surface area contributed by atoms with Crippen molar-refractivity contribution >= 4 is 44.7 Å². The van der Waals surface area contributed by atoms with Gasteiger partial charge in [0.2, 0.25) is 0 Å². The zero-order valence-corrected chi connectivity index (χ0v) is 13.8. The minimum absolute atomic E-state index is 0.0236. The van der Waals surface area contributed by atoms with Gasteiger partial charge >= 0.3 is 0 Å². The molecule has 1 aliphatic rings. The molecule has 2 atom stereocenters. The van der Waals surface area contributed by atoms with Gasteiger partial charge in [0.05, 0.1) is 5.92 Å². The van der Waals surface area contributed by atoms with E-state index in [0.717, 1.165) is 20.9 Å². The van der Waals surface area contributed by atoms with E-state index in [4.69, 9.17) is 5.73 Å². The van der Waals surface area contributed by atoms with Crippen LogP contribution in [0.25, 0.3) is 0 Å². The number of Topliss-reactive ketones (excluding diaryl/α,β-unsaturated/α-hetero) is 1. The van der Waals surface area contributed by atoms with E-state index >= 15 is 0 Å². The fourth-order valence-electron chi connectivity index (χ4n) is 2.19. The predicted octanol–water partition coefficient (Wildman–Crippen LogP) is 2.64. The summed E-state index contributed by atoms with van der Waals surface area (Å²) in [5.74, 6) is -0.285. The number of rotatable bonds is 5. The number of nitrogen functional groups attached to an aromatic ring is 1. The Morgan fingerprint density at radius 3 is 2.70 bits per heavy atom. The minimum Gasteiger partial charge on any atom is -0.398 e. The molecule has 1 heterocycles. The molecule has 0 saturated carbocycles. The normalized spacial score (nSPS) is 19.5. The largest absolute Gasteiger partial charge is 0.398 e. The number of benzene rings is 1.